The number of ether oxygens (including phenoxy) is 3. The summed E-state index contributed by atoms with van der Waals surface area (Å²) in [4.78, 5) is 12.1. The molecule has 0 aliphatic rings. The van der Waals surface area contributed by atoms with E-state index in [2.05, 4.69) is 10.5 Å². The number of carbonyl (C=O) groups excluding carboxylic acids is 1. The number of aromatic nitrogens is 1. The van der Waals surface area contributed by atoms with Crippen LogP contribution < -0.4 is 19.5 Å². The highest BCUT2D eigenvalue weighted by Crippen LogP contribution is 2.27. The van der Waals surface area contributed by atoms with E-state index in [1.807, 2.05) is 55.5 Å². The Hall–Kier alpha value is -3.48. The van der Waals surface area contributed by atoms with E-state index in [-0.39, 0.29) is 5.91 Å². The van der Waals surface area contributed by atoms with Crippen molar-refractivity contribution in [3.05, 3.63) is 59.8 Å². The summed E-state index contributed by atoms with van der Waals surface area (Å²) in [5, 5.41) is 7.08. The van der Waals surface area contributed by atoms with Crippen LogP contribution in [0.3, 0.4) is 0 Å². The van der Waals surface area contributed by atoms with Gasteiger partial charge in [-0.15, -0.1) is 0 Å². The van der Waals surface area contributed by atoms with E-state index >= 15 is 0 Å². The van der Waals surface area contributed by atoms with Gasteiger partial charge in [-0.05, 0) is 68.1 Å². The van der Waals surface area contributed by atoms with Crippen LogP contribution in [-0.4, -0.2) is 38.4 Å². The topological polar surface area (TPSA) is 82.8 Å². The third kappa shape index (κ3) is 6.51. The Morgan fingerprint density at radius 3 is 2.50 bits per heavy atom. The molecule has 0 spiro atoms. The van der Waals surface area contributed by atoms with Crippen LogP contribution in [-0.2, 0) is 17.6 Å². The number of methoxy groups -OCH3 is 2. The first-order chi connectivity index (χ1) is 15.6. The number of nitrogens with zero attached hydrogens (tertiary/aromatic N) is 1. The van der Waals surface area contributed by atoms with Crippen LogP contribution in [0.5, 0.6) is 17.2 Å². The van der Waals surface area contributed by atoms with Crippen molar-refractivity contribution in [2.24, 2.45) is 0 Å². The fraction of sp³-hybridized carbons (Fsp3) is 0.360. The minimum absolute atomic E-state index is 0.0284. The van der Waals surface area contributed by atoms with Gasteiger partial charge in [0.2, 0.25) is 5.91 Å². The summed E-state index contributed by atoms with van der Waals surface area (Å²) >= 11 is 0. The molecule has 3 aromatic rings. The summed E-state index contributed by atoms with van der Waals surface area (Å²) in [6.45, 7) is 3.16. The van der Waals surface area contributed by atoms with E-state index < -0.39 is 0 Å². The largest absolute Gasteiger partial charge is 0.494 e. The lowest BCUT2D eigenvalue weighted by Crippen LogP contribution is -2.25. The molecule has 7 nitrogen and oxygen atoms in total. The molecule has 0 atom stereocenters. The zero-order valence-electron chi connectivity index (χ0n) is 18.8. The zero-order chi connectivity index (χ0) is 22.8. The third-order valence-electron chi connectivity index (χ3n) is 5.03. The van der Waals surface area contributed by atoms with E-state index in [4.69, 9.17) is 18.7 Å². The minimum Gasteiger partial charge on any atom is -0.494 e. The normalized spacial score (nSPS) is 10.6. The van der Waals surface area contributed by atoms with Crippen LogP contribution in [0.2, 0.25) is 0 Å². The number of benzene rings is 2. The van der Waals surface area contributed by atoms with E-state index in [0.717, 1.165) is 29.0 Å². The second-order valence-electron chi connectivity index (χ2n) is 7.28. The Labute approximate surface area is 188 Å². The molecule has 1 N–H and O–H groups in total. The van der Waals surface area contributed by atoms with Crippen LogP contribution in [0.25, 0.3) is 11.3 Å². The van der Waals surface area contributed by atoms with Gasteiger partial charge in [0, 0.05) is 24.6 Å². The van der Waals surface area contributed by atoms with Crippen molar-refractivity contribution >= 4 is 5.91 Å². The highest BCUT2D eigenvalue weighted by Gasteiger charge is 2.09. The molecule has 0 fully saturated rings. The van der Waals surface area contributed by atoms with E-state index in [1.165, 1.54) is 0 Å². The summed E-state index contributed by atoms with van der Waals surface area (Å²) in [5.74, 6) is 2.95. The lowest BCUT2D eigenvalue weighted by molar-refractivity contribution is -0.121. The SMILES string of the molecule is CCOc1ccc(-c2cc(CCCC(=O)NCCc3ccc(OC)c(OC)c3)no2)cc1. The van der Waals surface area contributed by atoms with Crippen molar-refractivity contribution in [1.29, 1.82) is 0 Å². The number of carbonyl (C=O) groups is 1. The van der Waals surface area contributed by atoms with E-state index in [9.17, 15) is 4.79 Å². The Balaban J connectivity index is 1.39. The summed E-state index contributed by atoms with van der Waals surface area (Å²) in [6.07, 6.45) is 2.55. The molecule has 32 heavy (non-hydrogen) atoms. The predicted molar refractivity (Wildman–Crippen MR) is 122 cm³/mol. The van der Waals surface area contributed by atoms with Gasteiger partial charge in [0.15, 0.2) is 17.3 Å². The molecule has 0 bridgehead atoms. The molecule has 0 saturated carbocycles. The molecule has 0 aliphatic heterocycles. The van der Waals surface area contributed by atoms with Crippen LogP contribution in [0.15, 0.2) is 53.1 Å². The van der Waals surface area contributed by atoms with Crippen LogP contribution in [0.4, 0.5) is 0 Å². The monoisotopic (exact) mass is 438 g/mol. The molecule has 3 rings (SSSR count). The molecule has 2 aromatic carbocycles. The van der Waals surface area contributed by atoms with Crippen molar-refractivity contribution < 1.29 is 23.5 Å². The second-order valence-corrected chi connectivity index (χ2v) is 7.28. The molecule has 0 radical (unpaired) electrons. The van der Waals surface area contributed by atoms with Crippen molar-refractivity contribution in [2.45, 2.75) is 32.6 Å². The summed E-state index contributed by atoms with van der Waals surface area (Å²) in [6, 6.07) is 15.4. The molecular formula is C25H30N2O5. The van der Waals surface area contributed by atoms with E-state index in [1.54, 1.807) is 14.2 Å². The molecule has 170 valence electrons. The van der Waals surface area contributed by atoms with Gasteiger partial charge in [-0.25, -0.2) is 0 Å². The first-order valence-electron chi connectivity index (χ1n) is 10.8. The Kier molecular flexibility index (Phi) is 8.54. The minimum atomic E-state index is 0.0284. The maximum atomic E-state index is 12.1. The smallest absolute Gasteiger partial charge is 0.220 e. The first kappa shape index (κ1) is 23.2. The van der Waals surface area contributed by atoms with Gasteiger partial charge in [-0.1, -0.05) is 11.2 Å². The number of aryl methyl sites for hydroxylation is 1. The molecule has 1 aromatic heterocycles. The summed E-state index contributed by atoms with van der Waals surface area (Å²) < 4.78 is 21.5. The average molecular weight is 439 g/mol. The van der Waals surface area contributed by atoms with Gasteiger partial charge in [0.1, 0.15) is 5.75 Å². The average Bonchev–Trinajstić information content (AvgIpc) is 3.28. The van der Waals surface area contributed by atoms with Gasteiger partial charge in [-0.3, -0.25) is 4.79 Å². The maximum Gasteiger partial charge on any atom is 0.220 e. The van der Waals surface area contributed by atoms with Gasteiger partial charge < -0.3 is 24.1 Å². The van der Waals surface area contributed by atoms with Gasteiger partial charge >= 0.3 is 0 Å². The summed E-state index contributed by atoms with van der Waals surface area (Å²) in [7, 11) is 3.22. The lowest BCUT2D eigenvalue weighted by atomic mass is 10.1. The molecule has 0 unspecified atom stereocenters. The highest BCUT2D eigenvalue weighted by atomic mass is 16.5. The molecule has 1 heterocycles. The number of nitrogens with one attached hydrogen (secondary N) is 1. The standard InChI is InChI=1S/C25H30N2O5/c1-4-31-21-11-9-19(10-12-21)23-17-20(27-32-23)6-5-7-25(28)26-15-14-18-8-13-22(29-2)24(16-18)30-3/h8-13,16-17H,4-7,14-15H2,1-3H3,(H,26,28). The van der Waals surface area contributed by atoms with Crippen molar-refractivity contribution in [2.75, 3.05) is 27.4 Å². The first-order valence-corrected chi connectivity index (χ1v) is 10.8. The van der Waals surface area contributed by atoms with Crippen LogP contribution in [0.1, 0.15) is 31.0 Å². The molecular weight excluding hydrogens is 408 g/mol. The Morgan fingerprint density at radius 1 is 1.00 bits per heavy atom. The number of hydrogen-bond donors (Lipinski definition) is 1. The molecule has 0 aliphatic carbocycles. The second kappa shape index (κ2) is 11.8. The zero-order valence-corrected chi connectivity index (χ0v) is 18.8. The van der Waals surface area contributed by atoms with Crippen LogP contribution >= 0.6 is 0 Å². The number of rotatable bonds is 12. The van der Waals surface area contributed by atoms with Crippen molar-refractivity contribution in [3.63, 3.8) is 0 Å². The van der Waals surface area contributed by atoms with Crippen LogP contribution in [0, 0.1) is 0 Å². The molecule has 0 saturated heterocycles. The number of hydrogen-bond acceptors (Lipinski definition) is 6. The van der Waals surface area contributed by atoms with Gasteiger partial charge in [0.25, 0.3) is 0 Å². The highest BCUT2D eigenvalue weighted by molar-refractivity contribution is 5.75. The Bertz CT molecular complexity index is 998. The quantitative estimate of drug-likeness (QED) is 0.450. The Morgan fingerprint density at radius 2 is 1.78 bits per heavy atom. The van der Waals surface area contributed by atoms with E-state index in [0.29, 0.717) is 49.7 Å². The molecule has 1 amide bonds. The van der Waals surface area contributed by atoms with Gasteiger partial charge in [0.05, 0.1) is 26.5 Å². The molecule has 7 heteroatoms. The van der Waals surface area contributed by atoms with Gasteiger partial charge in [-0.2, -0.15) is 0 Å². The fourth-order valence-corrected chi connectivity index (χ4v) is 3.35. The third-order valence-corrected chi connectivity index (χ3v) is 5.03. The fourth-order valence-electron chi connectivity index (χ4n) is 3.35. The summed E-state index contributed by atoms with van der Waals surface area (Å²) in [5.41, 5.74) is 2.86. The van der Waals surface area contributed by atoms with Crippen molar-refractivity contribution in [1.82, 2.24) is 10.5 Å². The van der Waals surface area contributed by atoms with Crippen molar-refractivity contribution in [3.8, 4) is 28.6 Å². The maximum absolute atomic E-state index is 12.1. The lowest BCUT2D eigenvalue weighted by Gasteiger charge is -2.10. The number of amides is 1. The predicted octanol–water partition coefficient (Wildman–Crippen LogP) is 4.44.